The lowest BCUT2D eigenvalue weighted by atomic mass is 10.1. The summed E-state index contributed by atoms with van der Waals surface area (Å²) in [5.74, 6) is -0.204. The molecule has 0 aromatic heterocycles. The highest BCUT2D eigenvalue weighted by Gasteiger charge is 2.27. The summed E-state index contributed by atoms with van der Waals surface area (Å²) < 4.78 is 5.55. The van der Waals surface area contributed by atoms with Crippen LogP contribution < -0.4 is 10.2 Å². The minimum absolute atomic E-state index is 0.0276. The van der Waals surface area contributed by atoms with Crippen LogP contribution in [-0.4, -0.2) is 37.6 Å². The zero-order chi connectivity index (χ0) is 16.9. The van der Waals surface area contributed by atoms with Crippen LogP contribution in [0.4, 0.5) is 5.69 Å². The van der Waals surface area contributed by atoms with Gasteiger partial charge in [0, 0.05) is 17.8 Å². The Bertz CT molecular complexity index is 730. The molecule has 1 aliphatic heterocycles. The molecule has 0 spiro atoms. The van der Waals surface area contributed by atoms with Crippen LogP contribution in [0.1, 0.15) is 15.9 Å². The van der Waals surface area contributed by atoms with Crippen molar-refractivity contribution in [2.75, 3.05) is 24.6 Å². The van der Waals surface area contributed by atoms with Gasteiger partial charge in [-0.1, -0.05) is 30.3 Å². The lowest BCUT2D eigenvalue weighted by Gasteiger charge is -2.33. The highest BCUT2D eigenvalue weighted by atomic mass is 16.5. The number of carbonyl (C=O) groups excluding carboxylic acids is 2. The zero-order valence-electron chi connectivity index (χ0n) is 13.6. The van der Waals surface area contributed by atoms with Crippen LogP contribution in [0.5, 0.6) is 0 Å². The largest absolute Gasteiger partial charge is 0.365 e. The molecule has 0 aliphatic carbocycles. The second kappa shape index (κ2) is 7.27. The Labute approximate surface area is 141 Å². The number of rotatable bonds is 4. The maximum Gasteiger partial charge on any atom is 0.253 e. The van der Waals surface area contributed by atoms with Crippen LogP contribution in [-0.2, 0) is 9.53 Å². The van der Waals surface area contributed by atoms with Gasteiger partial charge in [-0.05, 0) is 36.8 Å². The van der Waals surface area contributed by atoms with Gasteiger partial charge in [0.25, 0.3) is 11.8 Å². The summed E-state index contributed by atoms with van der Waals surface area (Å²) in [5.41, 5.74) is 2.57. The number of benzene rings is 2. The van der Waals surface area contributed by atoms with Gasteiger partial charge in [0.05, 0.1) is 12.6 Å². The number of ether oxygens (including phenoxy) is 1. The normalized spacial score (nSPS) is 17.6. The topological polar surface area (TPSA) is 58.6 Å². The van der Waals surface area contributed by atoms with E-state index >= 15 is 0 Å². The standard InChI is InChI=1S/C19H20N2O3/c1-14-6-5-9-16(10-14)21-12-17(24-13-18(21)22)11-20-19(23)15-7-3-2-4-8-15/h2-10,17H,11-13H2,1H3,(H,20,23). The second-order valence-electron chi connectivity index (χ2n) is 5.85. The second-order valence-corrected chi connectivity index (χ2v) is 5.85. The van der Waals surface area contributed by atoms with Gasteiger partial charge in [0.1, 0.15) is 6.61 Å². The maximum atomic E-state index is 12.1. The molecule has 1 fully saturated rings. The molecule has 1 atom stereocenters. The van der Waals surface area contributed by atoms with Crippen LogP contribution in [0.3, 0.4) is 0 Å². The Morgan fingerprint density at radius 2 is 2.00 bits per heavy atom. The van der Waals surface area contributed by atoms with Gasteiger partial charge in [-0.25, -0.2) is 0 Å². The van der Waals surface area contributed by atoms with Crippen molar-refractivity contribution in [2.45, 2.75) is 13.0 Å². The summed E-state index contributed by atoms with van der Waals surface area (Å²) in [5, 5.41) is 2.86. The molecular weight excluding hydrogens is 304 g/mol. The third-order valence-electron chi connectivity index (χ3n) is 3.97. The molecule has 5 heteroatoms. The van der Waals surface area contributed by atoms with E-state index in [1.54, 1.807) is 17.0 Å². The van der Waals surface area contributed by atoms with Crippen LogP contribution in [0.2, 0.25) is 0 Å². The van der Waals surface area contributed by atoms with Gasteiger partial charge < -0.3 is 15.0 Å². The van der Waals surface area contributed by atoms with Crippen LogP contribution in [0.15, 0.2) is 54.6 Å². The van der Waals surface area contributed by atoms with Crippen LogP contribution in [0.25, 0.3) is 0 Å². The summed E-state index contributed by atoms with van der Waals surface area (Å²) in [6.07, 6.45) is -0.226. The molecule has 24 heavy (non-hydrogen) atoms. The molecule has 1 heterocycles. The van der Waals surface area contributed by atoms with E-state index in [4.69, 9.17) is 4.74 Å². The number of carbonyl (C=O) groups is 2. The van der Waals surface area contributed by atoms with Crippen molar-refractivity contribution in [1.82, 2.24) is 5.32 Å². The van der Waals surface area contributed by atoms with Gasteiger partial charge in [-0.15, -0.1) is 0 Å². The average Bonchev–Trinajstić information content (AvgIpc) is 2.61. The van der Waals surface area contributed by atoms with E-state index in [0.29, 0.717) is 18.7 Å². The SMILES string of the molecule is Cc1cccc(N2CC(CNC(=O)c3ccccc3)OCC2=O)c1. The van der Waals surface area contributed by atoms with E-state index in [0.717, 1.165) is 11.3 Å². The van der Waals surface area contributed by atoms with E-state index in [2.05, 4.69) is 5.32 Å². The monoisotopic (exact) mass is 324 g/mol. The van der Waals surface area contributed by atoms with E-state index in [-0.39, 0.29) is 24.5 Å². The molecule has 2 aromatic rings. The molecule has 3 rings (SSSR count). The summed E-state index contributed by atoms with van der Waals surface area (Å²) in [6.45, 7) is 2.81. The Morgan fingerprint density at radius 1 is 1.21 bits per heavy atom. The summed E-state index contributed by atoms with van der Waals surface area (Å²) >= 11 is 0. The summed E-state index contributed by atoms with van der Waals surface area (Å²) in [4.78, 5) is 25.9. The summed E-state index contributed by atoms with van der Waals surface area (Å²) in [6, 6.07) is 16.9. The molecule has 2 amide bonds. The number of anilines is 1. The Balaban J connectivity index is 1.61. The van der Waals surface area contributed by atoms with Crippen molar-refractivity contribution < 1.29 is 14.3 Å². The molecule has 124 valence electrons. The molecule has 5 nitrogen and oxygen atoms in total. The Hall–Kier alpha value is -2.66. The number of nitrogens with zero attached hydrogens (tertiary/aromatic N) is 1. The molecule has 2 aromatic carbocycles. The fraction of sp³-hybridized carbons (Fsp3) is 0.263. The zero-order valence-corrected chi connectivity index (χ0v) is 13.6. The van der Waals surface area contributed by atoms with Crippen molar-refractivity contribution in [3.63, 3.8) is 0 Å². The van der Waals surface area contributed by atoms with Gasteiger partial charge in [-0.2, -0.15) is 0 Å². The molecule has 1 saturated heterocycles. The van der Waals surface area contributed by atoms with E-state index < -0.39 is 0 Å². The van der Waals surface area contributed by atoms with E-state index in [1.807, 2.05) is 49.4 Å². The molecule has 1 aliphatic rings. The van der Waals surface area contributed by atoms with E-state index in [1.165, 1.54) is 0 Å². The number of nitrogens with one attached hydrogen (secondary N) is 1. The van der Waals surface area contributed by atoms with Gasteiger partial charge in [0.15, 0.2) is 0 Å². The molecule has 1 N–H and O–H groups in total. The van der Waals surface area contributed by atoms with Gasteiger partial charge in [0.2, 0.25) is 0 Å². The van der Waals surface area contributed by atoms with Crippen LogP contribution in [0, 0.1) is 6.92 Å². The van der Waals surface area contributed by atoms with Gasteiger partial charge in [-0.3, -0.25) is 9.59 Å². The molecule has 0 bridgehead atoms. The maximum absolute atomic E-state index is 12.1. The highest BCUT2D eigenvalue weighted by Crippen LogP contribution is 2.19. The lowest BCUT2D eigenvalue weighted by Crippen LogP contribution is -2.50. The first kappa shape index (κ1) is 16.2. The van der Waals surface area contributed by atoms with Crippen LogP contribution >= 0.6 is 0 Å². The first-order valence-electron chi connectivity index (χ1n) is 7.95. The highest BCUT2D eigenvalue weighted by molar-refractivity contribution is 5.95. The number of amides is 2. The smallest absolute Gasteiger partial charge is 0.253 e. The fourth-order valence-corrected chi connectivity index (χ4v) is 2.69. The van der Waals surface area contributed by atoms with E-state index in [9.17, 15) is 9.59 Å². The first-order chi connectivity index (χ1) is 11.6. The predicted octanol–water partition coefficient (Wildman–Crippen LogP) is 2.16. The molecular formula is C19H20N2O3. The van der Waals surface area contributed by atoms with Crippen molar-refractivity contribution >= 4 is 17.5 Å². The molecule has 0 radical (unpaired) electrons. The third-order valence-corrected chi connectivity index (χ3v) is 3.97. The number of aryl methyl sites for hydroxylation is 1. The van der Waals surface area contributed by atoms with Crippen molar-refractivity contribution in [2.24, 2.45) is 0 Å². The minimum Gasteiger partial charge on any atom is -0.365 e. The van der Waals surface area contributed by atoms with Crippen molar-refractivity contribution in [3.05, 3.63) is 65.7 Å². The van der Waals surface area contributed by atoms with Gasteiger partial charge >= 0.3 is 0 Å². The number of hydrogen-bond donors (Lipinski definition) is 1. The third kappa shape index (κ3) is 3.81. The number of morpholine rings is 1. The molecule has 0 saturated carbocycles. The average molecular weight is 324 g/mol. The Kier molecular flexibility index (Phi) is 4.91. The first-order valence-corrected chi connectivity index (χ1v) is 7.95. The quantitative estimate of drug-likeness (QED) is 0.937. The van der Waals surface area contributed by atoms with Crippen molar-refractivity contribution in [1.29, 1.82) is 0 Å². The Morgan fingerprint density at radius 3 is 2.75 bits per heavy atom. The fourth-order valence-electron chi connectivity index (χ4n) is 2.69. The minimum atomic E-state index is -0.226. The predicted molar refractivity (Wildman–Crippen MR) is 92.0 cm³/mol. The number of hydrogen-bond acceptors (Lipinski definition) is 3. The lowest BCUT2D eigenvalue weighted by molar-refractivity contribution is -0.129. The van der Waals surface area contributed by atoms with Crippen molar-refractivity contribution in [3.8, 4) is 0 Å². The molecule has 1 unspecified atom stereocenters. The summed E-state index contributed by atoms with van der Waals surface area (Å²) in [7, 11) is 0.